The Morgan fingerprint density at radius 2 is 1.85 bits per heavy atom. The number of thioether (sulfide) groups is 1. The number of likely N-dealkylation sites (tertiary alicyclic amines) is 1. The maximum atomic E-state index is 12.8. The van der Waals surface area contributed by atoms with Crippen LogP contribution in [-0.4, -0.2) is 41.3 Å². The Kier molecular flexibility index (Phi) is 3.01. The van der Waals surface area contributed by atoms with Crippen LogP contribution in [0.25, 0.3) is 0 Å². The largest absolute Gasteiger partial charge is 0.297 e. The van der Waals surface area contributed by atoms with Crippen molar-refractivity contribution in [1.29, 1.82) is 0 Å². The molecule has 2 aliphatic heterocycles. The van der Waals surface area contributed by atoms with Crippen molar-refractivity contribution >= 4 is 17.5 Å². The fourth-order valence-electron chi connectivity index (χ4n) is 5.07. The first-order valence-corrected chi connectivity index (χ1v) is 9.15. The van der Waals surface area contributed by atoms with E-state index in [9.17, 15) is 4.79 Å². The van der Waals surface area contributed by atoms with Gasteiger partial charge in [-0.3, -0.25) is 9.69 Å². The number of ketones is 1. The number of Topliss-reactive ketones (excluding diaryl/α,β-unsaturated/α-hetero) is 1. The highest BCUT2D eigenvalue weighted by Crippen LogP contribution is 2.86. The molecule has 3 aliphatic rings. The summed E-state index contributed by atoms with van der Waals surface area (Å²) < 4.78 is 0. The van der Waals surface area contributed by atoms with Gasteiger partial charge in [0.2, 0.25) is 0 Å². The van der Waals surface area contributed by atoms with Crippen LogP contribution in [0.2, 0.25) is 0 Å². The van der Waals surface area contributed by atoms with E-state index < -0.39 is 0 Å². The van der Waals surface area contributed by atoms with Crippen molar-refractivity contribution in [2.75, 3.05) is 24.6 Å². The van der Waals surface area contributed by atoms with E-state index in [1.54, 1.807) is 0 Å². The molecule has 3 heteroatoms. The molecule has 114 valence electrons. The molecule has 2 atom stereocenters. The molecule has 0 aromatic heterocycles. The summed E-state index contributed by atoms with van der Waals surface area (Å²) in [5.74, 6) is 3.07. The van der Waals surface area contributed by atoms with E-state index in [0.717, 1.165) is 19.5 Å². The fraction of sp³-hybridized carbons (Fsp3) is 0.941. The Balaban J connectivity index is 1.88. The van der Waals surface area contributed by atoms with E-state index in [1.807, 2.05) is 0 Å². The minimum absolute atomic E-state index is 0.157. The van der Waals surface area contributed by atoms with Gasteiger partial charge in [-0.2, -0.15) is 11.8 Å². The molecule has 3 fully saturated rings. The second-order valence-electron chi connectivity index (χ2n) is 8.68. The van der Waals surface area contributed by atoms with Crippen LogP contribution in [0.1, 0.15) is 48.0 Å². The maximum Gasteiger partial charge on any atom is 0.155 e. The second-order valence-corrected chi connectivity index (χ2v) is 9.66. The molecule has 0 radical (unpaired) electrons. The zero-order valence-electron chi connectivity index (χ0n) is 13.9. The third-order valence-electron chi connectivity index (χ3n) is 6.85. The molecule has 0 bridgehead atoms. The Morgan fingerprint density at radius 1 is 1.25 bits per heavy atom. The standard InChI is InChI=1S/C17H29NOS/c1-7-18-9-16(8-12(18)13(19)14(2,3)4)15(5,6)17(16)10-20-11-17/h12H,7-11H2,1-6H3/t12-,16-/m0/s1. The van der Waals surface area contributed by atoms with Crippen LogP contribution in [0, 0.1) is 21.7 Å². The highest BCUT2D eigenvalue weighted by Gasteiger charge is 2.85. The number of nitrogens with zero attached hydrogens (tertiary/aromatic N) is 1. The predicted octanol–water partition coefficient (Wildman–Crippen LogP) is 3.46. The third kappa shape index (κ3) is 1.49. The summed E-state index contributed by atoms with van der Waals surface area (Å²) in [5, 5.41) is 0. The Hall–Kier alpha value is -0.0200. The molecule has 0 aromatic carbocycles. The molecule has 0 N–H and O–H groups in total. The molecule has 0 amide bonds. The van der Waals surface area contributed by atoms with Gasteiger partial charge in [0, 0.05) is 28.9 Å². The number of rotatable bonds is 2. The predicted molar refractivity (Wildman–Crippen MR) is 86.1 cm³/mol. The van der Waals surface area contributed by atoms with Gasteiger partial charge >= 0.3 is 0 Å². The molecule has 1 saturated carbocycles. The van der Waals surface area contributed by atoms with Crippen molar-refractivity contribution in [3.8, 4) is 0 Å². The molecule has 2 heterocycles. The van der Waals surface area contributed by atoms with Gasteiger partial charge in [-0.05, 0) is 23.8 Å². The van der Waals surface area contributed by atoms with Crippen molar-refractivity contribution in [3.05, 3.63) is 0 Å². The monoisotopic (exact) mass is 295 g/mol. The molecule has 0 aromatic rings. The number of carbonyl (C=O) groups excluding carboxylic acids is 1. The van der Waals surface area contributed by atoms with Crippen molar-refractivity contribution in [2.45, 2.75) is 54.0 Å². The van der Waals surface area contributed by atoms with Crippen molar-refractivity contribution < 1.29 is 4.79 Å². The Bertz CT molecular complexity index is 446. The van der Waals surface area contributed by atoms with Crippen LogP contribution < -0.4 is 0 Å². The van der Waals surface area contributed by atoms with Crippen LogP contribution in [-0.2, 0) is 4.79 Å². The van der Waals surface area contributed by atoms with E-state index >= 15 is 0 Å². The molecular weight excluding hydrogens is 266 g/mol. The first-order chi connectivity index (χ1) is 9.13. The quantitative estimate of drug-likeness (QED) is 0.778. The average Bonchev–Trinajstić information content (AvgIpc) is 2.57. The van der Waals surface area contributed by atoms with E-state index in [4.69, 9.17) is 0 Å². The SMILES string of the molecule is CCN1C[C@@]2(C[C@H]1C(=O)C(C)(C)C)C(C)(C)C21CSC1. The second kappa shape index (κ2) is 4.04. The average molecular weight is 295 g/mol. The fourth-order valence-corrected chi connectivity index (χ4v) is 6.96. The van der Waals surface area contributed by atoms with Crippen molar-refractivity contribution in [3.63, 3.8) is 0 Å². The normalized spacial score (nSPS) is 38.2. The molecule has 20 heavy (non-hydrogen) atoms. The summed E-state index contributed by atoms with van der Waals surface area (Å²) in [7, 11) is 0. The molecular formula is C17H29NOS. The van der Waals surface area contributed by atoms with E-state index in [2.05, 4.69) is 58.2 Å². The number of likely N-dealkylation sites (N-methyl/N-ethyl adjacent to an activating group) is 1. The molecule has 2 saturated heterocycles. The van der Waals surface area contributed by atoms with Gasteiger partial charge in [-0.25, -0.2) is 0 Å². The zero-order valence-corrected chi connectivity index (χ0v) is 14.7. The summed E-state index contributed by atoms with van der Waals surface area (Å²) in [4.78, 5) is 15.3. The first kappa shape index (κ1) is 14.9. The van der Waals surface area contributed by atoms with E-state index in [0.29, 0.717) is 22.0 Å². The third-order valence-corrected chi connectivity index (χ3v) is 8.24. The van der Waals surface area contributed by atoms with E-state index in [1.165, 1.54) is 11.5 Å². The lowest BCUT2D eigenvalue weighted by atomic mass is 9.82. The topological polar surface area (TPSA) is 20.3 Å². The minimum atomic E-state index is -0.218. The van der Waals surface area contributed by atoms with Crippen LogP contribution >= 0.6 is 11.8 Å². The summed E-state index contributed by atoms with van der Waals surface area (Å²) in [5.41, 5.74) is 1.15. The molecule has 0 unspecified atom stereocenters. The molecule has 2 nitrogen and oxygen atoms in total. The lowest BCUT2D eigenvalue weighted by molar-refractivity contribution is -0.130. The van der Waals surface area contributed by atoms with Gasteiger partial charge < -0.3 is 0 Å². The van der Waals surface area contributed by atoms with Gasteiger partial charge in [-0.1, -0.05) is 41.5 Å². The minimum Gasteiger partial charge on any atom is -0.297 e. The summed E-state index contributed by atoms with van der Waals surface area (Å²) in [6.45, 7) is 15.5. The number of hydrogen-bond acceptors (Lipinski definition) is 3. The zero-order chi connectivity index (χ0) is 15.0. The van der Waals surface area contributed by atoms with Crippen molar-refractivity contribution in [2.24, 2.45) is 21.7 Å². The van der Waals surface area contributed by atoms with Gasteiger partial charge in [-0.15, -0.1) is 0 Å². The highest BCUT2D eigenvalue weighted by atomic mass is 32.2. The smallest absolute Gasteiger partial charge is 0.155 e. The first-order valence-electron chi connectivity index (χ1n) is 7.99. The molecule has 1 aliphatic carbocycles. The van der Waals surface area contributed by atoms with E-state index in [-0.39, 0.29) is 11.5 Å². The van der Waals surface area contributed by atoms with Crippen molar-refractivity contribution in [1.82, 2.24) is 4.90 Å². The number of carbonyl (C=O) groups is 1. The summed E-state index contributed by atoms with van der Waals surface area (Å²) >= 11 is 2.09. The number of fused-ring (bicyclic) bond motifs is 1. The highest BCUT2D eigenvalue weighted by molar-refractivity contribution is 8.00. The van der Waals surface area contributed by atoms with Crippen LogP contribution in [0.4, 0.5) is 0 Å². The van der Waals surface area contributed by atoms with Gasteiger partial charge in [0.15, 0.2) is 5.78 Å². The number of hydrogen-bond donors (Lipinski definition) is 0. The Labute approximate surface area is 128 Å². The van der Waals surface area contributed by atoms with Gasteiger partial charge in [0.1, 0.15) is 0 Å². The molecule has 3 rings (SSSR count). The molecule has 2 spiro atoms. The van der Waals surface area contributed by atoms with Gasteiger partial charge in [0.05, 0.1) is 6.04 Å². The van der Waals surface area contributed by atoms with Gasteiger partial charge in [0.25, 0.3) is 0 Å². The lowest BCUT2D eigenvalue weighted by Crippen LogP contribution is -2.41. The Morgan fingerprint density at radius 3 is 2.20 bits per heavy atom. The van der Waals surface area contributed by atoms with Crippen LogP contribution in [0.3, 0.4) is 0 Å². The van der Waals surface area contributed by atoms with Crippen LogP contribution in [0.15, 0.2) is 0 Å². The maximum absolute atomic E-state index is 12.8. The summed E-state index contributed by atoms with van der Waals surface area (Å²) in [6.07, 6.45) is 1.10. The lowest BCUT2D eigenvalue weighted by Gasteiger charge is -2.31. The summed E-state index contributed by atoms with van der Waals surface area (Å²) in [6, 6.07) is 0.157. The van der Waals surface area contributed by atoms with Crippen LogP contribution in [0.5, 0.6) is 0 Å².